The van der Waals surface area contributed by atoms with Gasteiger partial charge in [0.25, 0.3) is 0 Å². The first-order chi connectivity index (χ1) is 24.8. The topological polar surface area (TPSA) is 0 Å². The van der Waals surface area contributed by atoms with Crippen molar-refractivity contribution in [3.05, 3.63) is 170 Å². The Morgan fingerprint density at radius 1 is 0.300 bits per heavy atom. The summed E-state index contributed by atoms with van der Waals surface area (Å²) in [6.07, 6.45) is 0. The van der Waals surface area contributed by atoms with E-state index in [1.165, 1.54) is 106 Å². The average Bonchev–Trinajstić information content (AvgIpc) is 3.73. The molecule has 11 rings (SSSR count). The van der Waals surface area contributed by atoms with Gasteiger partial charge in [0.2, 0.25) is 0 Å². The van der Waals surface area contributed by atoms with E-state index in [2.05, 4.69) is 170 Å². The summed E-state index contributed by atoms with van der Waals surface area (Å²) in [5, 5.41) is 13.2. The van der Waals surface area contributed by atoms with E-state index in [0.29, 0.717) is 0 Å². The number of thiophene rings is 2. The number of hydrogen-bond donors (Lipinski definition) is 0. The van der Waals surface area contributed by atoms with E-state index in [1.54, 1.807) is 0 Å². The lowest BCUT2D eigenvalue weighted by atomic mass is 9.85. The minimum absolute atomic E-state index is 1.24. The summed E-state index contributed by atoms with van der Waals surface area (Å²) in [5.74, 6) is 0. The molecule has 2 heteroatoms. The molecule has 2 aromatic heterocycles. The van der Waals surface area contributed by atoms with Crippen molar-refractivity contribution in [3.63, 3.8) is 0 Å². The number of fused-ring (bicyclic) bond motifs is 10. The summed E-state index contributed by atoms with van der Waals surface area (Å²) in [5.41, 5.74) is 7.64. The summed E-state index contributed by atoms with van der Waals surface area (Å²) >= 11 is 3.85. The van der Waals surface area contributed by atoms with Gasteiger partial charge in [-0.05, 0) is 90.5 Å². The molecule has 50 heavy (non-hydrogen) atoms. The monoisotopic (exact) mass is 668 g/mol. The van der Waals surface area contributed by atoms with Crippen molar-refractivity contribution >= 4 is 95.3 Å². The molecule has 0 saturated carbocycles. The number of benzene rings is 9. The van der Waals surface area contributed by atoms with Crippen LogP contribution in [0.5, 0.6) is 0 Å². The highest BCUT2D eigenvalue weighted by atomic mass is 32.1. The van der Waals surface area contributed by atoms with Crippen molar-refractivity contribution in [1.29, 1.82) is 0 Å². The highest BCUT2D eigenvalue weighted by molar-refractivity contribution is 7.28. The Hall–Kier alpha value is -5.80. The van der Waals surface area contributed by atoms with Gasteiger partial charge in [0, 0.05) is 45.9 Å². The Morgan fingerprint density at radius 2 is 0.860 bits per heavy atom. The van der Waals surface area contributed by atoms with Crippen LogP contribution in [0.3, 0.4) is 0 Å². The summed E-state index contributed by atoms with van der Waals surface area (Å²) in [7, 11) is 0. The molecule has 0 atom stereocenters. The molecule has 9 aromatic carbocycles. The normalized spacial score (nSPS) is 12.0. The van der Waals surface area contributed by atoms with Crippen LogP contribution < -0.4 is 0 Å². The van der Waals surface area contributed by atoms with Gasteiger partial charge >= 0.3 is 0 Å². The average molecular weight is 669 g/mol. The molecule has 0 unspecified atom stereocenters. The molecule has 0 aliphatic heterocycles. The standard InChI is InChI=1S/C48H28S2/c1-2-13-29(14-3-1)44-34-19-6-8-21-36(34)45(37-22-9-7-20-35(37)44)33-18-12-17-32(25-33)39-28-43-46(47-38-23-10-11-24-41(38)50-48(39)47)40-26-30-15-4-5-16-31(30)27-42(40)49-43/h1-28H. The Kier molecular flexibility index (Phi) is 6.09. The van der Waals surface area contributed by atoms with Crippen LogP contribution in [-0.2, 0) is 0 Å². The predicted molar refractivity (Wildman–Crippen MR) is 221 cm³/mol. The fraction of sp³-hybridized carbons (Fsp3) is 0. The zero-order chi connectivity index (χ0) is 32.8. The zero-order valence-electron chi connectivity index (χ0n) is 27.0. The maximum atomic E-state index is 2.47. The highest BCUT2D eigenvalue weighted by Gasteiger charge is 2.20. The minimum Gasteiger partial charge on any atom is -0.135 e. The van der Waals surface area contributed by atoms with E-state index >= 15 is 0 Å². The van der Waals surface area contributed by atoms with Gasteiger partial charge in [0.05, 0.1) is 0 Å². The van der Waals surface area contributed by atoms with Crippen molar-refractivity contribution in [3.8, 4) is 33.4 Å². The molecule has 0 spiro atoms. The van der Waals surface area contributed by atoms with Gasteiger partial charge in [0.1, 0.15) is 0 Å². The molecule has 0 bridgehead atoms. The second-order valence-electron chi connectivity index (χ2n) is 13.2. The van der Waals surface area contributed by atoms with Crippen LogP contribution in [0.25, 0.3) is 106 Å². The number of hydrogen-bond acceptors (Lipinski definition) is 2. The van der Waals surface area contributed by atoms with E-state index < -0.39 is 0 Å². The second-order valence-corrected chi connectivity index (χ2v) is 15.3. The molecule has 0 amide bonds. The summed E-state index contributed by atoms with van der Waals surface area (Å²) < 4.78 is 5.38. The maximum absolute atomic E-state index is 2.47. The Labute approximate surface area is 297 Å². The fourth-order valence-corrected chi connectivity index (χ4v) is 10.7. The maximum Gasteiger partial charge on any atom is 0.0441 e. The van der Waals surface area contributed by atoms with Gasteiger partial charge in [-0.3, -0.25) is 0 Å². The lowest BCUT2D eigenvalue weighted by Gasteiger charge is -2.18. The minimum atomic E-state index is 1.24. The second kappa shape index (κ2) is 10.9. The smallest absolute Gasteiger partial charge is 0.0441 e. The molecule has 0 saturated heterocycles. The molecule has 0 aliphatic rings. The largest absolute Gasteiger partial charge is 0.135 e. The molecule has 0 fully saturated rings. The van der Waals surface area contributed by atoms with Crippen LogP contribution >= 0.6 is 22.7 Å². The first-order valence-electron chi connectivity index (χ1n) is 17.1. The Morgan fingerprint density at radius 3 is 1.58 bits per heavy atom. The molecular formula is C48H28S2. The van der Waals surface area contributed by atoms with Crippen LogP contribution in [0, 0.1) is 0 Å². The molecule has 0 nitrogen and oxygen atoms in total. The Bertz CT molecular complexity index is 3080. The SMILES string of the molecule is c1ccc(-c2c3ccccc3c(-c3cccc(-c4cc5sc6cc7ccccc7cc6c5c5c4sc4ccccc45)c3)c3ccccc23)cc1. The van der Waals surface area contributed by atoms with Gasteiger partial charge in [0.15, 0.2) is 0 Å². The quantitative estimate of drug-likeness (QED) is 0.164. The third-order valence-electron chi connectivity index (χ3n) is 10.4. The first-order valence-corrected chi connectivity index (χ1v) is 18.7. The zero-order valence-corrected chi connectivity index (χ0v) is 28.6. The van der Waals surface area contributed by atoms with E-state index in [1.807, 2.05) is 22.7 Å². The molecule has 0 aliphatic carbocycles. The van der Waals surface area contributed by atoms with E-state index in [0.717, 1.165) is 0 Å². The summed E-state index contributed by atoms with van der Waals surface area (Å²) in [6, 6.07) is 63.0. The highest BCUT2D eigenvalue weighted by Crippen LogP contribution is 2.50. The van der Waals surface area contributed by atoms with Crippen molar-refractivity contribution in [2.75, 3.05) is 0 Å². The molecule has 232 valence electrons. The van der Waals surface area contributed by atoms with Crippen LogP contribution in [-0.4, -0.2) is 0 Å². The van der Waals surface area contributed by atoms with Crippen molar-refractivity contribution in [2.45, 2.75) is 0 Å². The van der Waals surface area contributed by atoms with Crippen molar-refractivity contribution < 1.29 is 0 Å². The van der Waals surface area contributed by atoms with Gasteiger partial charge in [-0.1, -0.05) is 140 Å². The van der Waals surface area contributed by atoms with Crippen LogP contribution in [0.15, 0.2) is 170 Å². The molecule has 2 heterocycles. The molecule has 0 N–H and O–H groups in total. The molecule has 11 aromatic rings. The Balaban J connectivity index is 1.21. The van der Waals surface area contributed by atoms with Crippen molar-refractivity contribution in [1.82, 2.24) is 0 Å². The van der Waals surface area contributed by atoms with Crippen molar-refractivity contribution in [2.24, 2.45) is 0 Å². The van der Waals surface area contributed by atoms with Crippen LogP contribution in [0.4, 0.5) is 0 Å². The molecular weight excluding hydrogens is 641 g/mol. The third kappa shape index (κ3) is 4.10. The third-order valence-corrected chi connectivity index (χ3v) is 12.7. The van der Waals surface area contributed by atoms with Gasteiger partial charge < -0.3 is 0 Å². The van der Waals surface area contributed by atoms with E-state index in [9.17, 15) is 0 Å². The first kappa shape index (κ1) is 28.1. The number of rotatable bonds is 3. The fourth-order valence-electron chi connectivity index (χ4n) is 8.25. The molecule has 0 radical (unpaired) electrons. The lowest BCUT2D eigenvalue weighted by molar-refractivity contribution is 1.64. The van der Waals surface area contributed by atoms with Gasteiger partial charge in [-0.15, -0.1) is 22.7 Å². The van der Waals surface area contributed by atoms with E-state index in [-0.39, 0.29) is 0 Å². The summed E-state index contributed by atoms with van der Waals surface area (Å²) in [4.78, 5) is 0. The lowest BCUT2D eigenvalue weighted by Crippen LogP contribution is -1.91. The van der Waals surface area contributed by atoms with Gasteiger partial charge in [-0.2, -0.15) is 0 Å². The van der Waals surface area contributed by atoms with Crippen LogP contribution in [0.1, 0.15) is 0 Å². The summed E-state index contributed by atoms with van der Waals surface area (Å²) in [6.45, 7) is 0. The van der Waals surface area contributed by atoms with Crippen LogP contribution in [0.2, 0.25) is 0 Å². The van der Waals surface area contributed by atoms with Gasteiger partial charge in [-0.25, -0.2) is 0 Å². The predicted octanol–water partition coefficient (Wildman–Crippen LogP) is 14.9. The van der Waals surface area contributed by atoms with E-state index in [4.69, 9.17) is 0 Å².